The third-order valence-electron chi connectivity index (χ3n) is 5.43. The number of halogens is 3. The zero-order valence-electron chi connectivity index (χ0n) is 19.6. The van der Waals surface area contributed by atoms with Crippen LogP contribution >= 0.6 is 0 Å². The van der Waals surface area contributed by atoms with Gasteiger partial charge in [0.15, 0.2) is 5.82 Å². The van der Waals surface area contributed by atoms with Gasteiger partial charge in [-0.1, -0.05) is 25.2 Å². The number of hydrogen-bond acceptors (Lipinski definition) is 5. The first-order valence-corrected chi connectivity index (χ1v) is 11.3. The number of ether oxygens (including phenoxy) is 1. The second-order valence-corrected chi connectivity index (χ2v) is 8.00. The lowest BCUT2D eigenvalue weighted by Gasteiger charge is -2.22. The molecule has 1 atom stereocenters. The topological polar surface area (TPSA) is 110 Å². The number of anilines is 1. The number of carbonyl (C=O) groups excluding carboxylic acids is 2. The molecule has 1 heterocycles. The van der Waals surface area contributed by atoms with Crippen LogP contribution in [-0.4, -0.2) is 39.2 Å². The van der Waals surface area contributed by atoms with E-state index in [0.29, 0.717) is 29.2 Å². The fourth-order valence-electron chi connectivity index (χ4n) is 3.67. The van der Waals surface area contributed by atoms with Gasteiger partial charge >= 0.3 is 18.4 Å². The molecule has 1 aliphatic carbocycles. The molecule has 0 radical (unpaired) electrons. The van der Waals surface area contributed by atoms with Crippen LogP contribution in [0.5, 0.6) is 5.75 Å². The Labute approximate surface area is 210 Å². The Balaban J connectivity index is 1.32. The molecule has 12 heteroatoms. The SMILES string of the molecule is CCC1=CC=CCC1NC(=O)NC(=O)Nc1ccc(-c2ncn(-c3ccc(OC(F)(F)F)cc3)n2)cc1. The van der Waals surface area contributed by atoms with E-state index in [-0.39, 0.29) is 11.8 Å². The van der Waals surface area contributed by atoms with Crippen molar-refractivity contribution in [2.24, 2.45) is 0 Å². The van der Waals surface area contributed by atoms with Crippen LogP contribution in [0.2, 0.25) is 0 Å². The molecule has 0 bridgehead atoms. The van der Waals surface area contributed by atoms with Gasteiger partial charge in [0.2, 0.25) is 0 Å². The zero-order valence-corrected chi connectivity index (χ0v) is 19.6. The van der Waals surface area contributed by atoms with E-state index in [2.05, 4.69) is 30.8 Å². The molecule has 0 aliphatic heterocycles. The molecule has 192 valence electrons. The highest BCUT2D eigenvalue weighted by Crippen LogP contribution is 2.24. The van der Waals surface area contributed by atoms with Crippen LogP contribution in [-0.2, 0) is 0 Å². The molecule has 0 spiro atoms. The molecule has 37 heavy (non-hydrogen) atoms. The Morgan fingerprint density at radius 2 is 1.81 bits per heavy atom. The lowest BCUT2D eigenvalue weighted by molar-refractivity contribution is -0.274. The summed E-state index contributed by atoms with van der Waals surface area (Å²) >= 11 is 0. The summed E-state index contributed by atoms with van der Waals surface area (Å²) in [7, 11) is 0. The van der Waals surface area contributed by atoms with Gasteiger partial charge in [-0.2, -0.15) is 0 Å². The number of aromatic nitrogens is 3. The van der Waals surface area contributed by atoms with Gasteiger partial charge < -0.3 is 15.4 Å². The molecular formula is C25H23F3N6O3. The minimum atomic E-state index is -4.76. The molecule has 3 aromatic rings. The molecule has 0 saturated heterocycles. The van der Waals surface area contributed by atoms with E-state index in [1.807, 2.05) is 25.2 Å². The van der Waals surface area contributed by atoms with E-state index in [1.165, 1.54) is 35.3 Å². The maximum absolute atomic E-state index is 12.3. The second-order valence-electron chi connectivity index (χ2n) is 8.00. The summed E-state index contributed by atoms with van der Waals surface area (Å²) in [6, 6.07) is 10.4. The van der Waals surface area contributed by atoms with Crippen molar-refractivity contribution in [2.45, 2.75) is 32.2 Å². The number of rotatable bonds is 6. The molecule has 1 unspecified atom stereocenters. The summed E-state index contributed by atoms with van der Waals surface area (Å²) in [5.74, 6) is 0.0298. The number of nitrogens with one attached hydrogen (secondary N) is 3. The lowest BCUT2D eigenvalue weighted by atomic mass is 9.97. The molecule has 0 fully saturated rings. The Bertz CT molecular complexity index is 1310. The van der Waals surface area contributed by atoms with Gasteiger partial charge in [0.1, 0.15) is 12.1 Å². The number of urea groups is 2. The molecule has 9 nitrogen and oxygen atoms in total. The van der Waals surface area contributed by atoms with Crippen molar-refractivity contribution in [3.05, 3.63) is 78.7 Å². The maximum Gasteiger partial charge on any atom is 0.573 e. The number of allylic oxidation sites excluding steroid dienone is 2. The highest BCUT2D eigenvalue weighted by atomic mass is 19.4. The van der Waals surface area contributed by atoms with Gasteiger partial charge in [0.25, 0.3) is 0 Å². The number of alkyl halides is 3. The Morgan fingerprint density at radius 3 is 2.49 bits per heavy atom. The summed E-state index contributed by atoms with van der Waals surface area (Å²) in [4.78, 5) is 28.6. The van der Waals surface area contributed by atoms with Crippen molar-refractivity contribution in [1.82, 2.24) is 25.4 Å². The van der Waals surface area contributed by atoms with Gasteiger partial charge in [-0.25, -0.2) is 19.3 Å². The van der Waals surface area contributed by atoms with Crippen LogP contribution in [0.15, 0.2) is 78.7 Å². The van der Waals surface area contributed by atoms with Crippen LogP contribution in [0.3, 0.4) is 0 Å². The minimum absolute atomic E-state index is 0.152. The molecule has 3 N–H and O–H groups in total. The summed E-state index contributed by atoms with van der Waals surface area (Å²) in [6.45, 7) is 2.00. The molecule has 4 amide bonds. The quantitative estimate of drug-likeness (QED) is 0.414. The number of imide groups is 1. The molecular weight excluding hydrogens is 489 g/mol. The number of amides is 4. The lowest BCUT2D eigenvalue weighted by Crippen LogP contribution is -2.46. The largest absolute Gasteiger partial charge is 0.573 e. The molecule has 2 aromatic carbocycles. The first-order chi connectivity index (χ1) is 17.7. The van der Waals surface area contributed by atoms with Crippen LogP contribution < -0.4 is 20.7 Å². The molecule has 1 aromatic heterocycles. The van der Waals surface area contributed by atoms with Crippen molar-refractivity contribution in [3.63, 3.8) is 0 Å². The van der Waals surface area contributed by atoms with E-state index in [0.717, 1.165) is 12.0 Å². The van der Waals surface area contributed by atoms with E-state index in [1.54, 1.807) is 24.3 Å². The van der Waals surface area contributed by atoms with E-state index in [4.69, 9.17) is 0 Å². The second kappa shape index (κ2) is 11.0. The normalized spacial score (nSPS) is 15.0. The standard InChI is InChI=1S/C25H23F3N6O3/c1-2-16-5-3-4-6-21(16)31-24(36)32-23(35)30-18-9-7-17(8-10-18)22-29-15-34(33-22)19-11-13-20(14-12-19)37-25(26,27)28/h3-5,7-15,21H,2,6H2,1H3,(H3,30,31,32,35,36). The summed E-state index contributed by atoms with van der Waals surface area (Å²) in [6.07, 6.45) is 3.97. The fraction of sp³-hybridized carbons (Fsp3) is 0.200. The summed E-state index contributed by atoms with van der Waals surface area (Å²) in [5, 5.41) is 12.0. The van der Waals surface area contributed by atoms with Gasteiger partial charge in [-0.3, -0.25) is 5.32 Å². The Hall–Kier alpha value is -4.61. The van der Waals surface area contributed by atoms with E-state index in [9.17, 15) is 22.8 Å². The highest BCUT2D eigenvalue weighted by molar-refractivity contribution is 6.00. The average molecular weight is 512 g/mol. The minimum Gasteiger partial charge on any atom is -0.406 e. The van der Waals surface area contributed by atoms with Gasteiger partial charge in [-0.05, 0) is 66.9 Å². The van der Waals surface area contributed by atoms with Crippen molar-refractivity contribution in [2.75, 3.05) is 5.32 Å². The van der Waals surface area contributed by atoms with Gasteiger partial charge in [0.05, 0.1) is 11.7 Å². The van der Waals surface area contributed by atoms with Crippen LogP contribution in [0.1, 0.15) is 19.8 Å². The monoisotopic (exact) mass is 512 g/mol. The smallest absolute Gasteiger partial charge is 0.406 e. The number of hydrogen-bond donors (Lipinski definition) is 3. The average Bonchev–Trinajstić information content (AvgIpc) is 3.34. The first-order valence-electron chi connectivity index (χ1n) is 11.3. The number of nitrogens with zero attached hydrogens (tertiary/aromatic N) is 3. The number of benzene rings is 2. The molecule has 4 rings (SSSR count). The van der Waals surface area contributed by atoms with Crippen LogP contribution in [0, 0.1) is 0 Å². The maximum atomic E-state index is 12.3. The summed E-state index contributed by atoms with van der Waals surface area (Å²) < 4.78 is 42.2. The first kappa shape index (κ1) is 25.5. The van der Waals surface area contributed by atoms with Crippen molar-refractivity contribution < 1.29 is 27.5 Å². The van der Waals surface area contributed by atoms with Gasteiger partial charge in [0, 0.05) is 11.3 Å². The van der Waals surface area contributed by atoms with Crippen molar-refractivity contribution in [3.8, 4) is 22.8 Å². The third kappa shape index (κ3) is 6.97. The van der Waals surface area contributed by atoms with E-state index >= 15 is 0 Å². The van der Waals surface area contributed by atoms with E-state index < -0.39 is 18.4 Å². The van der Waals surface area contributed by atoms with Crippen LogP contribution in [0.4, 0.5) is 28.4 Å². The third-order valence-corrected chi connectivity index (χ3v) is 5.43. The van der Waals surface area contributed by atoms with Crippen molar-refractivity contribution in [1.29, 1.82) is 0 Å². The Kier molecular flexibility index (Phi) is 7.56. The number of carbonyl (C=O) groups is 2. The van der Waals surface area contributed by atoms with Crippen LogP contribution in [0.25, 0.3) is 17.1 Å². The zero-order chi connectivity index (χ0) is 26.4. The predicted octanol–water partition coefficient (Wildman–Crippen LogP) is 5.33. The van der Waals surface area contributed by atoms with Crippen molar-refractivity contribution >= 4 is 17.7 Å². The highest BCUT2D eigenvalue weighted by Gasteiger charge is 2.31. The summed E-state index contributed by atoms with van der Waals surface area (Å²) in [5.41, 5.74) is 2.66. The molecule has 1 aliphatic rings. The van der Waals surface area contributed by atoms with Gasteiger partial charge in [-0.15, -0.1) is 18.3 Å². The predicted molar refractivity (Wildman–Crippen MR) is 130 cm³/mol. The molecule has 0 saturated carbocycles. The Morgan fingerprint density at radius 1 is 1.08 bits per heavy atom. The fourth-order valence-corrected chi connectivity index (χ4v) is 3.67.